The fourth-order valence-electron chi connectivity index (χ4n) is 2.99. The second-order valence-electron chi connectivity index (χ2n) is 5.62. The summed E-state index contributed by atoms with van der Waals surface area (Å²) in [7, 11) is -2.88. The molecule has 0 amide bonds. The van der Waals surface area contributed by atoms with E-state index >= 15 is 0 Å². The molecule has 2 aliphatic heterocycles. The van der Waals surface area contributed by atoms with Crippen LogP contribution in [0, 0.1) is 5.92 Å². The maximum Gasteiger partial charge on any atom is 0.153 e. The van der Waals surface area contributed by atoms with E-state index in [-0.39, 0.29) is 5.25 Å². The van der Waals surface area contributed by atoms with Gasteiger partial charge < -0.3 is 4.57 Å². The highest BCUT2D eigenvalue weighted by atomic mass is 32.2. The van der Waals surface area contributed by atoms with Crippen molar-refractivity contribution in [1.29, 1.82) is 0 Å². The lowest BCUT2D eigenvalue weighted by atomic mass is 10.0. The molecule has 1 fully saturated rings. The summed E-state index contributed by atoms with van der Waals surface area (Å²) in [6, 6.07) is 0. The van der Waals surface area contributed by atoms with Crippen molar-refractivity contribution in [3.63, 3.8) is 0 Å². The van der Waals surface area contributed by atoms with Crippen LogP contribution in [0.1, 0.15) is 37.8 Å². The third-order valence-electron chi connectivity index (χ3n) is 4.13. The van der Waals surface area contributed by atoms with Gasteiger partial charge in [0.25, 0.3) is 0 Å². The van der Waals surface area contributed by atoms with Crippen molar-refractivity contribution in [2.75, 3.05) is 5.75 Å². The number of hydrogen-bond donors (Lipinski definition) is 0. The lowest BCUT2D eigenvalue weighted by Crippen LogP contribution is -2.24. The summed E-state index contributed by atoms with van der Waals surface area (Å²) < 4.78 is 25.9. The Bertz CT molecular complexity index is 550. The fourth-order valence-corrected chi connectivity index (χ4v) is 4.82. The van der Waals surface area contributed by atoms with Gasteiger partial charge in [0.2, 0.25) is 0 Å². The molecule has 0 N–H and O–H groups in total. The van der Waals surface area contributed by atoms with Crippen LogP contribution in [0.2, 0.25) is 0 Å². The van der Waals surface area contributed by atoms with E-state index in [4.69, 9.17) is 0 Å². The van der Waals surface area contributed by atoms with Crippen LogP contribution in [-0.4, -0.2) is 34.2 Å². The maximum atomic E-state index is 11.9. The fraction of sp³-hybridized carbons (Fsp3) is 0.833. The molecule has 0 bridgehead atoms. The number of sulfone groups is 1. The molecule has 100 valence electrons. The van der Waals surface area contributed by atoms with Crippen molar-refractivity contribution in [3.8, 4) is 0 Å². The number of fused-ring (bicyclic) bond motifs is 1. The summed E-state index contributed by atoms with van der Waals surface area (Å²) in [6.07, 6.45) is 4.23. The minimum atomic E-state index is -2.88. The molecule has 0 saturated carbocycles. The van der Waals surface area contributed by atoms with E-state index in [0.717, 1.165) is 43.9 Å². The van der Waals surface area contributed by atoms with Gasteiger partial charge in [0.05, 0.1) is 11.0 Å². The second-order valence-corrected chi connectivity index (χ2v) is 8.02. The molecular weight excluding hydrogens is 250 g/mol. The molecule has 1 aromatic heterocycles. The molecule has 0 aromatic carbocycles. The second kappa shape index (κ2) is 4.33. The van der Waals surface area contributed by atoms with Crippen molar-refractivity contribution >= 4 is 9.84 Å². The van der Waals surface area contributed by atoms with E-state index < -0.39 is 9.84 Å². The first-order valence-corrected chi connectivity index (χ1v) is 8.40. The Kier molecular flexibility index (Phi) is 2.92. The van der Waals surface area contributed by atoms with Crippen molar-refractivity contribution in [1.82, 2.24) is 14.8 Å². The number of hydrogen-bond acceptors (Lipinski definition) is 4. The van der Waals surface area contributed by atoms with Gasteiger partial charge in [-0.3, -0.25) is 0 Å². The first kappa shape index (κ1) is 12.1. The van der Waals surface area contributed by atoms with Crippen molar-refractivity contribution in [3.05, 3.63) is 11.6 Å². The van der Waals surface area contributed by atoms with Gasteiger partial charge in [-0.1, -0.05) is 6.92 Å². The van der Waals surface area contributed by atoms with Gasteiger partial charge in [0.15, 0.2) is 9.84 Å². The number of aryl methyl sites for hydroxylation is 1. The van der Waals surface area contributed by atoms with Gasteiger partial charge in [-0.15, -0.1) is 10.2 Å². The Morgan fingerprint density at radius 2 is 2.17 bits per heavy atom. The van der Waals surface area contributed by atoms with Crippen LogP contribution in [0.25, 0.3) is 0 Å². The van der Waals surface area contributed by atoms with E-state index in [1.165, 1.54) is 0 Å². The van der Waals surface area contributed by atoms with Gasteiger partial charge >= 0.3 is 0 Å². The Balaban J connectivity index is 1.84. The van der Waals surface area contributed by atoms with Gasteiger partial charge in [-0.25, -0.2) is 8.42 Å². The molecule has 3 heterocycles. The zero-order valence-corrected chi connectivity index (χ0v) is 11.5. The Morgan fingerprint density at radius 1 is 1.33 bits per heavy atom. The van der Waals surface area contributed by atoms with Crippen LogP contribution in [-0.2, 0) is 29.2 Å². The molecule has 6 heteroatoms. The molecule has 2 aliphatic rings. The monoisotopic (exact) mass is 269 g/mol. The van der Waals surface area contributed by atoms with Crippen molar-refractivity contribution in [2.45, 2.75) is 50.8 Å². The van der Waals surface area contributed by atoms with E-state index in [1.54, 1.807) is 0 Å². The van der Waals surface area contributed by atoms with Gasteiger partial charge in [-0.2, -0.15) is 0 Å². The van der Waals surface area contributed by atoms with Gasteiger partial charge in [0, 0.05) is 19.4 Å². The van der Waals surface area contributed by atoms with E-state index in [1.807, 2.05) is 0 Å². The molecule has 1 aromatic rings. The molecule has 1 saturated heterocycles. The molecular formula is C12H19N3O2S. The summed E-state index contributed by atoms with van der Waals surface area (Å²) in [5, 5.41) is 8.18. The normalized spacial score (nSPS) is 30.3. The summed E-state index contributed by atoms with van der Waals surface area (Å²) in [5.74, 6) is 2.87. The molecule has 0 radical (unpaired) electrons. The molecule has 0 spiro atoms. The van der Waals surface area contributed by atoms with Crippen LogP contribution in [0.15, 0.2) is 0 Å². The maximum absolute atomic E-state index is 11.9. The Hall–Kier alpha value is -0.910. The van der Waals surface area contributed by atoms with E-state index in [9.17, 15) is 8.42 Å². The predicted molar refractivity (Wildman–Crippen MR) is 68.0 cm³/mol. The first-order chi connectivity index (χ1) is 8.56. The topological polar surface area (TPSA) is 64.8 Å². The van der Waals surface area contributed by atoms with Crippen molar-refractivity contribution < 1.29 is 8.42 Å². The molecule has 2 atom stereocenters. The van der Waals surface area contributed by atoms with E-state index in [0.29, 0.717) is 18.1 Å². The summed E-state index contributed by atoms with van der Waals surface area (Å²) in [5.41, 5.74) is 0. The number of nitrogens with zero attached hydrogens (tertiary/aromatic N) is 3. The third-order valence-corrected chi connectivity index (χ3v) is 6.41. The molecule has 0 aliphatic carbocycles. The minimum absolute atomic E-state index is 0.233. The average molecular weight is 269 g/mol. The minimum Gasteiger partial charge on any atom is -0.315 e. The average Bonchev–Trinajstić information content (AvgIpc) is 2.84. The highest BCUT2D eigenvalue weighted by molar-refractivity contribution is 7.92. The van der Waals surface area contributed by atoms with Crippen LogP contribution in [0.3, 0.4) is 0 Å². The van der Waals surface area contributed by atoms with Gasteiger partial charge in [0.1, 0.15) is 11.6 Å². The zero-order valence-electron chi connectivity index (χ0n) is 10.7. The van der Waals surface area contributed by atoms with Gasteiger partial charge in [-0.05, 0) is 25.2 Å². The summed E-state index contributed by atoms with van der Waals surface area (Å²) >= 11 is 0. The summed E-state index contributed by atoms with van der Waals surface area (Å²) in [6.45, 7) is 3.16. The molecule has 3 rings (SSSR count). The SMILES string of the molecule is CC1CCc2nnc(CC3CCCS3(=O)=O)n2C1. The number of rotatable bonds is 2. The standard InChI is InChI=1S/C12H19N3O2S/c1-9-4-5-11-13-14-12(15(11)8-9)7-10-3-2-6-18(10,16)17/h9-10H,2-8H2,1H3. The lowest BCUT2D eigenvalue weighted by molar-refractivity contribution is 0.385. The highest BCUT2D eigenvalue weighted by Crippen LogP contribution is 2.25. The number of aromatic nitrogens is 3. The smallest absolute Gasteiger partial charge is 0.153 e. The molecule has 5 nitrogen and oxygen atoms in total. The van der Waals surface area contributed by atoms with Crippen LogP contribution in [0.4, 0.5) is 0 Å². The zero-order chi connectivity index (χ0) is 12.8. The molecule has 2 unspecified atom stereocenters. The van der Waals surface area contributed by atoms with E-state index in [2.05, 4.69) is 21.7 Å². The van der Waals surface area contributed by atoms with Crippen LogP contribution in [0.5, 0.6) is 0 Å². The quantitative estimate of drug-likeness (QED) is 0.803. The Morgan fingerprint density at radius 3 is 2.89 bits per heavy atom. The lowest BCUT2D eigenvalue weighted by Gasteiger charge is -2.21. The van der Waals surface area contributed by atoms with Crippen LogP contribution < -0.4 is 0 Å². The summed E-state index contributed by atoms with van der Waals surface area (Å²) in [4.78, 5) is 0. The largest absolute Gasteiger partial charge is 0.315 e. The van der Waals surface area contributed by atoms with Crippen LogP contribution >= 0.6 is 0 Å². The molecule has 18 heavy (non-hydrogen) atoms. The third kappa shape index (κ3) is 2.06. The Labute approximate surface area is 108 Å². The van der Waals surface area contributed by atoms with Crippen molar-refractivity contribution in [2.24, 2.45) is 5.92 Å². The highest BCUT2D eigenvalue weighted by Gasteiger charge is 2.33. The predicted octanol–water partition coefficient (Wildman–Crippen LogP) is 0.980. The first-order valence-electron chi connectivity index (χ1n) is 6.69.